The van der Waals surface area contributed by atoms with E-state index < -0.39 is 0 Å². The van der Waals surface area contributed by atoms with Gasteiger partial charge in [0.2, 0.25) is 0 Å². The number of thiophene rings is 1. The molecule has 142 valence electrons. The van der Waals surface area contributed by atoms with Crippen LogP contribution in [0.15, 0.2) is 34.2 Å². The van der Waals surface area contributed by atoms with Gasteiger partial charge in [-0.2, -0.15) is 0 Å². The summed E-state index contributed by atoms with van der Waals surface area (Å²) in [4.78, 5) is 22.8. The van der Waals surface area contributed by atoms with Crippen LogP contribution in [0.1, 0.15) is 10.4 Å². The number of thioether (sulfide) groups is 1. The quantitative estimate of drug-likeness (QED) is 0.356. The van der Waals surface area contributed by atoms with Crippen LogP contribution in [0.5, 0.6) is 0 Å². The molecule has 1 aliphatic heterocycles. The molecular weight excluding hydrogens is 402 g/mol. The average Bonchev–Trinajstić information content (AvgIpc) is 2.99. The Hall–Kier alpha value is -1.38. The van der Waals surface area contributed by atoms with E-state index in [1.54, 1.807) is 23.0 Å². The highest BCUT2D eigenvalue weighted by molar-refractivity contribution is 7.99. The number of fused-ring (bicyclic) bond motifs is 3. The van der Waals surface area contributed by atoms with Gasteiger partial charge in [-0.3, -0.25) is 9.36 Å². The van der Waals surface area contributed by atoms with Crippen LogP contribution in [0.2, 0.25) is 5.02 Å². The van der Waals surface area contributed by atoms with Gasteiger partial charge in [0.05, 0.1) is 17.7 Å². The fraction of sp³-hybridized carbons (Fsp3) is 0.368. The first-order valence-electron chi connectivity index (χ1n) is 8.72. The van der Waals surface area contributed by atoms with E-state index in [9.17, 15) is 4.79 Å². The average molecular weight is 422 g/mol. The van der Waals surface area contributed by atoms with Gasteiger partial charge in [-0.25, -0.2) is 4.98 Å². The zero-order chi connectivity index (χ0) is 19.0. The molecule has 5 nitrogen and oxygen atoms in total. The van der Waals surface area contributed by atoms with Crippen LogP contribution >= 0.6 is 34.7 Å². The van der Waals surface area contributed by atoms with E-state index >= 15 is 0 Å². The summed E-state index contributed by atoms with van der Waals surface area (Å²) in [5.41, 5.74) is 1.90. The zero-order valence-electron chi connectivity index (χ0n) is 15.2. The lowest BCUT2D eigenvalue weighted by Gasteiger charge is -2.21. The smallest absolute Gasteiger partial charge is 0.267 e. The maximum Gasteiger partial charge on any atom is 0.267 e. The van der Waals surface area contributed by atoms with Crippen LogP contribution in [0.3, 0.4) is 0 Å². The minimum absolute atomic E-state index is 0.00997. The Balaban J connectivity index is 1.93. The van der Waals surface area contributed by atoms with Gasteiger partial charge >= 0.3 is 0 Å². The summed E-state index contributed by atoms with van der Waals surface area (Å²) in [5.74, 6) is 0.725. The summed E-state index contributed by atoms with van der Waals surface area (Å²) < 4.78 is 6.86. The number of aromatic nitrogens is 2. The number of benzene rings is 1. The van der Waals surface area contributed by atoms with Crippen molar-refractivity contribution in [3.8, 4) is 5.69 Å². The molecule has 0 aliphatic carbocycles. The van der Waals surface area contributed by atoms with E-state index in [0.717, 1.165) is 46.7 Å². The summed E-state index contributed by atoms with van der Waals surface area (Å²) in [7, 11) is 3.78. The molecule has 0 saturated carbocycles. The van der Waals surface area contributed by atoms with Gasteiger partial charge in [0.1, 0.15) is 4.83 Å². The van der Waals surface area contributed by atoms with Crippen molar-refractivity contribution in [3.63, 3.8) is 0 Å². The molecule has 0 N–H and O–H groups in total. The predicted octanol–water partition coefficient (Wildman–Crippen LogP) is 3.83. The number of methoxy groups -OCH3 is 1. The highest BCUT2D eigenvalue weighted by Crippen LogP contribution is 2.34. The molecule has 1 aromatic carbocycles. The molecule has 8 heteroatoms. The minimum Gasteiger partial charge on any atom is -0.384 e. The molecule has 0 atom stereocenters. The molecule has 2 aromatic heterocycles. The normalized spacial score (nSPS) is 14.6. The molecule has 0 bridgehead atoms. The lowest BCUT2D eigenvalue weighted by Crippen LogP contribution is -2.27. The second kappa shape index (κ2) is 7.93. The Bertz CT molecular complexity index is 1050. The second-order valence-corrected chi connectivity index (χ2v) is 9.11. The molecule has 0 fully saturated rings. The molecular formula is C19H20ClN3O2S2. The Morgan fingerprint density at radius 1 is 1.41 bits per heavy atom. The number of halogens is 1. The molecule has 3 aromatic rings. The Morgan fingerprint density at radius 2 is 2.26 bits per heavy atom. The maximum atomic E-state index is 13.5. The van der Waals surface area contributed by atoms with E-state index in [-0.39, 0.29) is 5.56 Å². The van der Waals surface area contributed by atoms with Crippen molar-refractivity contribution in [2.75, 3.05) is 33.1 Å². The Labute approximate surface area is 170 Å². The molecule has 1 aliphatic rings. The van der Waals surface area contributed by atoms with E-state index in [0.29, 0.717) is 16.8 Å². The molecule has 0 spiro atoms. The van der Waals surface area contributed by atoms with Gasteiger partial charge in [0, 0.05) is 35.9 Å². The standard InChI is InChI=1S/C19H20ClN3O2S2/c1-22-7-6-14-15(11-22)27-17-16(14)18(24)23(13-5-3-4-12(20)10-13)19(21-17)26-9-8-25-2/h3-5,10H,6-9,11H2,1-2H3. The fourth-order valence-electron chi connectivity index (χ4n) is 3.31. The molecule has 4 rings (SSSR count). The SMILES string of the molecule is COCCSc1nc2sc3c(c2c(=O)n1-c1cccc(Cl)c1)CCN(C)C3. The first kappa shape index (κ1) is 19.0. The third kappa shape index (κ3) is 3.67. The largest absolute Gasteiger partial charge is 0.384 e. The van der Waals surface area contributed by atoms with Crippen molar-refractivity contribution in [1.82, 2.24) is 14.5 Å². The van der Waals surface area contributed by atoms with Crippen LogP contribution < -0.4 is 5.56 Å². The number of hydrogen-bond donors (Lipinski definition) is 0. The third-order valence-electron chi connectivity index (χ3n) is 4.62. The Kier molecular flexibility index (Phi) is 5.57. The monoisotopic (exact) mass is 421 g/mol. The first-order chi connectivity index (χ1) is 13.1. The fourth-order valence-corrected chi connectivity index (χ4v) is 5.75. The number of nitrogens with zero attached hydrogens (tertiary/aromatic N) is 3. The summed E-state index contributed by atoms with van der Waals surface area (Å²) in [6, 6.07) is 7.37. The van der Waals surface area contributed by atoms with Crippen LogP contribution in [0.4, 0.5) is 0 Å². The molecule has 27 heavy (non-hydrogen) atoms. The summed E-state index contributed by atoms with van der Waals surface area (Å²) >= 11 is 9.36. The van der Waals surface area contributed by atoms with Gasteiger partial charge < -0.3 is 9.64 Å². The highest BCUT2D eigenvalue weighted by atomic mass is 35.5. The van der Waals surface area contributed by atoms with Crippen molar-refractivity contribution in [2.24, 2.45) is 0 Å². The third-order valence-corrected chi connectivity index (χ3v) is 6.87. The van der Waals surface area contributed by atoms with Gasteiger partial charge in [0.25, 0.3) is 5.56 Å². The first-order valence-corrected chi connectivity index (χ1v) is 10.9. The van der Waals surface area contributed by atoms with E-state index in [1.807, 2.05) is 24.3 Å². The maximum absolute atomic E-state index is 13.5. The molecule has 3 heterocycles. The van der Waals surface area contributed by atoms with Crippen LogP contribution in [-0.2, 0) is 17.7 Å². The van der Waals surface area contributed by atoms with Crippen LogP contribution in [0.25, 0.3) is 15.9 Å². The van der Waals surface area contributed by atoms with Crippen molar-refractivity contribution in [1.29, 1.82) is 0 Å². The lowest BCUT2D eigenvalue weighted by atomic mass is 10.1. The highest BCUT2D eigenvalue weighted by Gasteiger charge is 2.24. The summed E-state index contributed by atoms with van der Waals surface area (Å²) in [6.07, 6.45) is 0.883. The van der Waals surface area contributed by atoms with E-state index in [2.05, 4.69) is 11.9 Å². The van der Waals surface area contributed by atoms with Gasteiger partial charge in [-0.15, -0.1) is 11.3 Å². The van der Waals surface area contributed by atoms with Crippen LogP contribution in [0, 0.1) is 0 Å². The van der Waals surface area contributed by atoms with Gasteiger partial charge in [-0.05, 0) is 37.2 Å². The van der Waals surface area contributed by atoms with Crippen molar-refractivity contribution < 1.29 is 4.74 Å². The zero-order valence-corrected chi connectivity index (χ0v) is 17.6. The van der Waals surface area contributed by atoms with Crippen molar-refractivity contribution in [3.05, 3.63) is 50.1 Å². The molecule has 0 radical (unpaired) electrons. The lowest BCUT2D eigenvalue weighted by molar-refractivity contribution is 0.218. The van der Waals surface area contributed by atoms with Crippen molar-refractivity contribution in [2.45, 2.75) is 18.1 Å². The van der Waals surface area contributed by atoms with E-state index in [4.69, 9.17) is 21.3 Å². The minimum atomic E-state index is -0.00997. The predicted molar refractivity (Wildman–Crippen MR) is 113 cm³/mol. The number of ether oxygens (including phenoxy) is 1. The number of likely N-dealkylation sites (N-methyl/N-ethyl adjacent to an activating group) is 1. The molecule has 0 unspecified atom stereocenters. The van der Waals surface area contributed by atoms with Crippen molar-refractivity contribution >= 4 is 44.9 Å². The summed E-state index contributed by atoms with van der Waals surface area (Å²) in [5, 5.41) is 2.04. The van der Waals surface area contributed by atoms with E-state index in [1.165, 1.54) is 16.6 Å². The summed E-state index contributed by atoms with van der Waals surface area (Å²) in [6.45, 7) is 2.43. The molecule has 0 amide bonds. The molecule has 0 saturated heterocycles. The number of hydrogen-bond acceptors (Lipinski definition) is 6. The second-order valence-electron chi connectivity index (χ2n) is 6.53. The van der Waals surface area contributed by atoms with Gasteiger partial charge in [-0.1, -0.05) is 29.4 Å². The number of rotatable bonds is 5. The van der Waals surface area contributed by atoms with Gasteiger partial charge in [0.15, 0.2) is 5.16 Å². The topological polar surface area (TPSA) is 47.4 Å². The van der Waals surface area contributed by atoms with Crippen LogP contribution in [-0.4, -0.2) is 47.5 Å². The Morgan fingerprint density at radius 3 is 3.04 bits per heavy atom.